The number of nitrogens with zero attached hydrogens (tertiary/aromatic N) is 5. The van der Waals surface area contributed by atoms with E-state index in [-0.39, 0.29) is 0 Å². The molecule has 0 saturated carbocycles. The lowest BCUT2D eigenvalue weighted by molar-refractivity contribution is 0.176. The number of aromatic nitrogens is 4. The van der Waals surface area contributed by atoms with Crippen LogP contribution in [0.4, 0.5) is 5.82 Å². The summed E-state index contributed by atoms with van der Waals surface area (Å²) in [6, 6.07) is 0.563. The molecule has 5 heteroatoms. The van der Waals surface area contributed by atoms with Gasteiger partial charge in [-0.15, -0.1) is 0 Å². The summed E-state index contributed by atoms with van der Waals surface area (Å²) < 4.78 is 1.81. The molecule has 2 atom stereocenters. The van der Waals surface area contributed by atoms with Crippen molar-refractivity contribution in [1.29, 1.82) is 0 Å². The second-order valence-electron chi connectivity index (χ2n) is 6.50. The van der Waals surface area contributed by atoms with E-state index in [9.17, 15) is 0 Å². The Bertz CT molecular complexity index is 616. The molecule has 2 aromatic heterocycles. The van der Waals surface area contributed by atoms with Gasteiger partial charge < -0.3 is 4.90 Å². The lowest BCUT2D eigenvalue weighted by Crippen LogP contribution is -2.61. The number of hydrogen-bond donors (Lipinski definition) is 0. The molecule has 0 aromatic carbocycles. The molecule has 20 heavy (non-hydrogen) atoms. The SMILES string of the molecule is CC(C)[C@@H]1[C@H](C(C)C)CN1c1ncnc2c1cnn2C. The van der Waals surface area contributed by atoms with Crippen molar-refractivity contribution in [1.82, 2.24) is 19.7 Å². The van der Waals surface area contributed by atoms with Crippen LogP contribution in [0, 0.1) is 17.8 Å². The van der Waals surface area contributed by atoms with Crippen molar-refractivity contribution in [3.63, 3.8) is 0 Å². The highest BCUT2D eigenvalue weighted by molar-refractivity contribution is 5.87. The molecule has 1 aliphatic rings. The average molecular weight is 273 g/mol. The van der Waals surface area contributed by atoms with Gasteiger partial charge in [0.1, 0.15) is 12.1 Å². The lowest BCUT2D eigenvalue weighted by atomic mass is 9.74. The van der Waals surface area contributed by atoms with Gasteiger partial charge in [-0.3, -0.25) is 4.68 Å². The first-order chi connectivity index (χ1) is 9.50. The number of rotatable bonds is 3. The molecule has 0 N–H and O–H groups in total. The molecular formula is C15H23N5. The quantitative estimate of drug-likeness (QED) is 0.862. The van der Waals surface area contributed by atoms with E-state index < -0.39 is 0 Å². The van der Waals surface area contributed by atoms with Crippen LogP contribution in [0.25, 0.3) is 11.0 Å². The highest BCUT2D eigenvalue weighted by Crippen LogP contribution is 2.40. The van der Waals surface area contributed by atoms with Crippen LogP contribution >= 0.6 is 0 Å². The Morgan fingerprint density at radius 1 is 1.15 bits per heavy atom. The van der Waals surface area contributed by atoms with Crippen LogP contribution in [0.5, 0.6) is 0 Å². The summed E-state index contributed by atoms with van der Waals surface area (Å²) >= 11 is 0. The Balaban J connectivity index is 2.00. The maximum absolute atomic E-state index is 4.53. The van der Waals surface area contributed by atoms with E-state index in [0.29, 0.717) is 17.9 Å². The summed E-state index contributed by atoms with van der Waals surface area (Å²) in [6.07, 6.45) is 3.53. The number of fused-ring (bicyclic) bond motifs is 1. The fourth-order valence-electron chi connectivity index (χ4n) is 3.42. The van der Waals surface area contributed by atoms with Crippen LogP contribution in [0.15, 0.2) is 12.5 Å². The van der Waals surface area contributed by atoms with Gasteiger partial charge in [0.2, 0.25) is 0 Å². The molecule has 3 heterocycles. The van der Waals surface area contributed by atoms with Crippen molar-refractivity contribution in [3.8, 4) is 0 Å². The highest BCUT2D eigenvalue weighted by Gasteiger charge is 2.43. The van der Waals surface area contributed by atoms with E-state index in [2.05, 4.69) is 47.7 Å². The summed E-state index contributed by atoms with van der Waals surface area (Å²) in [5, 5.41) is 5.37. The van der Waals surface area contributed by atoms with Crippen LogP contribution in [0.1, 0.15) is 27.7 Å². The van der Waals surface area contributed by atoms with Crippen molar-refractivity contribution in [2.75, 3.05) is 11.4 Å². The molecule has 1 saturated heterocycles. The Morgan fingerprint density at radius 3 is 2.55 bits per heavy atom. The van der Waals surface area contributed by atoms with Crippen molar-refractivity contribution in [3.05, 3.63) is 12.5 Å². The second-order valence-corrected chi connectivity index (χ2v) is 6.50. The summed E-state index contributed by atoms with van der Waals surface area (Å²) in [4.78, 5) is 11.3. The van der Waals surface area contributed by atoms with Gasteiger partial charge in [-0.1, -0.05) is 27.7 Å². The fourth-order valence-corrected chi connectivity index (χ4v) is 3.42. The van der Waals surface area contributed by atoms with E-state index in [1.165, 1.54) is 0 Å². The minimum atomic E-state index is 0.563. The smallest absolute Gasteiger partial charge is 0.163 e. The molecule has 5 nitrogen and oxygen atoms in total. The first kappa shape index (κ1) is 13.3. The van der Waals surface area contributed by atoms with Crippen LogP contribution < -0.4 is 4.90 Å². The van der Waals surface area contributed by atoms with Crippen molar-refractivity contribution < 1.29 is 0 Å². The number of hydrogen-bond acceptors (Lipinski definition) is 4. The van der Waals surface area contributed by atoms with Gasteiger partial charge in [0, 0.05) is 19.6 Å². The van der Waals surface area contributed by atoms with Gasteiger partial charge in [-0.05, 0) is 17.8 Å². The summed E-state index contributed by atoms with van der Waals surface area (Å²) in [6.45, 7) is 10.3. The van der Waals surface area contributed by atoms with E-state index >= 15 is 0 Å². The molecule has 0 bridgehead atoms. The molecule has 0 spiro atoms. The van der Waals surface area contributed by atoms with E-state index in [1.807, 2.05) is 17.9 Å². The predicted octanol–water partition coefficient (Wildman–Crippen LogP) is 2.48. The van der Waals surface area contributed by atoms with Gasteiger partial charge >= 0.3 is 0 Å². The first-order valence-corrected chi connectivity index (χ1v) is 7.40. The fraction of sp³-hybridized carbons (Fsp3) is 0.667. The van der Waals surface area contributed by atoms with Gasteiger partial charge in [0.25, 0.3) is 0 Å². The summed E-state index contributed by atoms with van der Waals surface area (Å²) in [7, 11) is 1.92. The van der Waals surface area contributed by atoms with Crippen LogP contribution in [0.3, 0.4) is 0 Å². The largest absolute Gasteiger partial charge is 0.352 e. The van der Waals surface area contributed by atoms with E-state index in [4.69, 9.17) is 0 Å². The molecular weight excluding hydrogens is 250 g/mol. The average Bonchev–Trinajstić information content (AvgIpc) is 2.70. The molecule has 0 amide bonds. The maximum Gasteiger partial charge on any atom is 0.163 e. The van der Waals surface area contributed by atoms with Crippen molar-refractivity contribution in [2.45, 2.75) is 33.7 Å². The van der Waals surface area contributed by atoms with Crippen molar-refractivity contribution in [2.24, 2.45) is 24.8 Å². The lowest BCUT2D eigenvalue weighted by Gasteiger charge is -2.53. The second kappa shape index (κ2) is 4.72. The molecule has 0 aliphatic carbocycles. The number of aryl methyl sites for hydroxylation is 1. The molecule has 1 fully saturated rings. The van der Waals surface area contributed by atoms with Gasteiger partial charge in [-0.2, -0.15) is 5.10 Å². The molecule has 2 aromatic rings. The molecule has 1 aliphatic heterocycles. The van der Waals surface area contributed by atoms with E-state index in [1.54, 1.807) is 6.33 Å². The van der Waals surface area contributed by atoms with Crippen LogP contribution in [-0.2, 0) is 7.05 Å². The zero-order valence-electron chi connectivity index (χ0n) is 12.9. The zero-order valence-corrected chi connectivity index (χ0v) is 12.9. The minimum Gasteiger partial charge on any atom is -0.352 e. The topological polar surface area (TPSA) is 46.8 Å². The van der Waals surface area contributed by atoms with Gasteiger partial charge in [-0.25, -0.2) is 9.97 Å². The van der Waals surface area contributed by atoms with Crippen molar-refractivity contribution >= 4 is 16.9 Å². The molecule has 108 valence electrons. The van der Waals surface area contributed by atoms with E-state index in [0.717, 1.165) is 29.3 Å². The predicted molar refractivity (Wildman–Crippen MR) is 80.6 cm³/mol. The summed E-state index contributed by atoms with van der Waals surface area (Å²) in [5.41, 5.74) is 0.908. The Labute approximate surface area is 120 Å². The zero-order chi connectivity index (χ0) is 14.4. The Kier molecular flexibility index (Phi) is 3.15. The van der Waals surface area contributed by atoms with Crippen LogP contribution in [0.2, 0.25) is 0 Å². The third kappa shape index (κ3) is 1.87. The Hall–Kier alpha value is -1.65. The number of anilines is 1. The first-order valence-electron chi connectivity index (χ1n) is 7.40. The van der Waals surface area contributed by atoms with Gasteiger partial charge in [0.15, 0.2) is 5.65 Å². The standard InChI is InChI=1S/C15H23N5/c1-9(2)12-7-20(13(12)10(3)4)15-11-6-18-19(5)14(11)16-8-17-15/h6,8-10,12-13H,7H2,1-5H3/t12-,13+/m0/s1. The highest BCUT2D eigenvalue weighted by atomic mass is 15.3. The monoisotopic (exact) mass is 273 g/mol. The molecule has 0 radical (unpaired) electrons. The Morgan fingerprint density at radius 2 is 1.90 bits per heavy atom. The molecule has 0 unspecified atom stereocenters. The third-order valence-electron chi connectivity index (χ3n) is 4.53. The maximum atomic E-state index is 4.53. The third-order valence-corrected chi connectivity index (χ3v) is 4.53. The minimum absolute atomic E-state index is 0.563. The van der Waals surface area contributed by atoms with Crippen LogP contribution in [-0.4, -0.2) is 32.3 Å². The summed E-state index contributed by atoms with van der Waals surface area (Å²) in [5.74, 6) is 3.12. The van der Waals surface area contributed by atoms with Gasteiger partial charge in [0.05, 0.1) is 11.6 Å². The normalized spacial score (nSPS) is 22.9. The molecule has 3 rings (SSSR count).